The van der Waals surface area contributed by atoms with Gasteiger partial charge in [0.1, 0.15) is 24.9 Å². The van der Waals surface area contributed by atoms with Gasteiger partial charge in [-0.05, 0) is 12.8 Å². The first-order valence-corrected chi connectivity index (χ1v) is 21.4. The van der Waals surface area contributed by atoms with Gasteiger partial charge in [-0.15, -0.1) is 0 Å². The third kappa shape index (κ3) is 25.7. The molecule has 0 spiro atoms. The van der Waals surface area contributed by atoms with Crippen LogP contribution in [0.5, 0.6) is 0 Å². The SMILES string of the molecule is CCCCCCCCCCCCCCCCCC(=O)OC[C@H]1O[C@H](O)[C@H](O)[C@@H](OC(=O)CCCCCCCCCCCCCCCCC)[C@@H]1O. The van der Waals surface area contributed by atoms with E-state index < -0.39 is 42.6 Å². The maximum atomic E-state index is 12.5. The quantitative estimate of drug-likeness (QED) is 0.0438. The van der Waals surface area contributed by atoms with Crippen LogP contribution in [0.3, 0.4) is 0 Å². The summed E-state index contributed by atoms with van der Waals surface area (Å²) in [6.07, 6.45) is 30.7. The van der Waals surface area contributed by atoms with Crippen LogP contribution in [0.25, 0.3) is 0 Å². The number of unbranched alkanes of at least 4 members (excludes halogenated alkanes) is 28. The minimum absolute atomic E-state index is 0.185. The monoisotopic (exact) mass is 713 g/mol. The molecule has 50 heavy (non-hydrogen) atoms. The standard InChI is InChI=1S/C42H80O8/c1-3-5-7-9-11-13-15-17-19-21-23-25-27-29-31-33-37(43)48-35-36-39(45)41(40(46)42(47)49-36)50-38(44)34-32-30-28-26-24-22-20-18-16-14-12-10-8-6-4-2/h36,39-42,45-47H,3-35H2,1-2H3/t36-,39-,40-,41+,42+/m1/s1. The van der Waals surface area contributed by atoms with Gasteiger partial charge in [0.05, 0.1) is 0 Å². The van der Waals surface area contributed by atoms with Gasteiger partial charge in [0.15, 0.2) is 12.4 Å². The van der Waals surface area contributed by atoms with Gasteiger partial charge in [-0.2, -0.15) is 0 Å². The number of aliphatic hydroxyl groups is 3. The van der Waals surface area contributed by atoms with Crippen LogP contribution in [0.4, 0.5) is 0 Å². The fourth-order valence-electron chi connectivity index (χ4n) is 6.93. The van der Waals surface area contributed by atoms with Crippen molar-refractivity contribution in [2.75, 3.05) is 6.61 Å². The zero-order valence-corrected chi connectivity index (χ0v) is 32.6. The lowest BCUT2D eigenvalue weighted by Crippen LogP contribution is -2.60. The fraction of sp³-hybridized carbons (Fsp3) is 0.952. The highest BCUT2D eigenvalue weighted by atomic mass is 16.7. The second-order valence-electron chi connectivity index (χ2n) is 15.1. The maximum Gasteiger partial charge on any atom is 0.306 e. The van der Waals surface area contributed by atoms with Crippen molar-refractivity contribution >= 4 is 11.9 Å². The lowest BCUT2D eigenvalue weighted by atomic mass is 9.99. The Morgan fingerprint density at radius 3 is 1.14 bits per heavy atom. The van der Waals surface area contributed by atoms with E-state index in [0.29, 0.717) is 6.42 Å². The Balaban J connectivity index is 2.07. The Morgan fingerprint density at radius 2 is 0.780 bits per heavy atom. The normalized spacial score (nSPS) is 20.6. The molecule has 296 valence electrons. The van der Waals surface area contributed by atoms with E-state index in [1.54, 1.807) is 0 Å². The zero-order valence-electron chi connectivity index (χ0n) is 32.6. The van der Waals surface area contributed by atoms with Crippen LogP contribution in [-0.4, -0.2) is 64.6 Å². The number of rotatable bonds is 35. The van der Waals surface area contributed by atoms with Crippen molar-refractivity contribution in [1.82, 2.24) is 0 Å². The van der Waals surface area contributed by atoms with E-state index in [1.165, 1.54) is 148 Å². The minimum Gasteiger partial charge on any atom is -0.463 e. The van der Waals surface area contributed by atoms with Crippen molar-refractivity contribution in [3.05, 3.63) is 0 Å². The van der Waals surface area contributed by atoms with Crippen molar-refractivity contribution < 1.29 is 39.1 Å². The highest BCUT2D eigenvalue weighted by molar-refractivity contribution is 5.70. The molecule has 0 amide bonds. The second-order valence-corrected chi connectivity index (χ2v) is 15.1. The predicted octanol–water partition coefficient (Wildman–Crippen LogP) is 10.4. The third-order valence-corrected chi connectivity index (χ3v) is 10.3. The topological polar surface area (TPSA) is 123 Å². The number of hydrogen-bond acceptors (Lipinski definition) is 8. The summed E-state index contributed by atoms with van der Waals surface area (Å²) in [5.41, 5.74) is 0. The minimum atomic E-state index is -1.65. The van der Waals surface area contributed by atoms with Gasteiger partial charge in [-0.25, -0.2) is 0 Å². The Hall–Kier alpha value is -1.22. The van der Waals surface area contributed by atoms with Crippen LogP contribution in [-0.2, 0) is 23.8 Å². The Labute approximate surface area is 307 Å². The van der Waals surface area contributed by atoms with Gasteiger partial charge in [0.25, 0.3) is 0 Å². The molecule has 0 saturated carbocycles. The lowest BCUT2D eigenvalue weighted by molar-refractivity contribution is -0.290. The molecule has 3 N–H and O–H groups in total. The van der Waals surface area contributed by atoms with E-state index in [4.69, 9.17) is 14.2 Å². The van der Waals surface area contributed by atoms with Crippen molar-refractivity contribution in [3.63, 3.8) is 0 Å². The summed E-state index contributed by atoms with van der Waals surface area (Å²) >= 11 is 0. The molecule has 8 heteroatoms. The van der Waals surface area contributed by atoms with Crippen LogP contribution in [0.15, 0.2) is 0 Å². The molecule has 0 bridgehead atoms. The number of hydrogen-bond donors (Lipinski definition) is 3. The molecule has 1 aliphatic heterocycles. The number of esters is 2. The number of ether oxygens (including phenoxy) is 3. The van der Waals surface area contributed by atoms with Crippen LogP contribution < -0.4 is 0 Å². The van der Waals surface area contributed by atoms with E-state index in [1.807, 2.05) is 0 Å². The summed E-state index contributed by atoms with van der Waals surface area (Å²) in [7, 11) is 0. The van der Waals surface area contributed by atoms with Crippen molar-refractivity contribution in [3.8, 4) is 0 Å². The number of aliphatic hydroxyl groups excluding tert-OH is 3. The third-order valence-electron chi connectivity index (χ3n) is 10.3. The molecule has 0 aliphatic carbocycles. The van der Waals surface area contributed by atoms with Gasteiger partial charge in [-0.1, -0.05) is 194 Å². The first-order chi connectivity index (χ1) is 24.4. The molecule has 0 unspecified atom stereocenters. The van der Waals surface area contributed by atoms with E-state index in [0.717, 1.165) is 38.5 Å². The molecule has 1 fully saturated rings. The molecule has 1 saturated heterocycles. The number of carbonyl (C=O) groups is 2. The van der Waals surface area contributed by atoms with Crippen LogP contribution in [0.2, 0.25) is 0 Å². The molecule has 1 heterocycles. The Bertz CT molecular complexity index is 777. The van der Waals surface area contributed by atoms with Gasteiger partial charge < -0.3 is 29.5 Å². The smallest absolute Gasteiger partial charge is 0.306 e. The zero-order chi connectivity index (χ0) is 36.5. The van der Waals surface area contributed by atoms with E-state index in [9.17, 15) is 24.9 Å². The summed E-state index contributed by atoms with van der Waals surface area (Å²) in [4.78, 5) is 24.8. The Kier molecular flexibility index (Phi) is 31.5. The second kappa shape index (κ2) is 33.6. The van der Waals surface area contributed by atoms with Gasteiger partial charge in [0, 0.05) is 12.8 Å². The molecule has 1 rings (SSSR count). The summed E-state index contributed by atoms with van der Waals surface area (Å²) < 4.78 is 16.0. The van der Waals surface area contributed by atoms with Crippen molar-refractivity contribution in [1.29, 1.82) is 0 Å². The van der Waals surface area contributed by atoms with Crippen LogP contribution >= 0.6 is 0 Å². The van der Waals surface area contributed by atoms with Crippen molar-refractivity contribution in [2.45, 2.75) is 250 Å². The molecule has 0 radical (unpaired) electrons. The highest BCUT2D eigenvalue weighted by Crippen LogP contribution is 2.24. The average molecular weight is 713 g/mol. The average Bonchev–Trinajstić information content (AvgIpc) is 3.11. The highest BCUT2D eigenvalue weighted by Gasteiger charge is 2.46. The molecule has 1 aliphatic rings. The van der Waals surface area contributed by atoms with E-state index >= 15 is 0 Å². The van der Waals surface area contributed by atoms with Crippen LogP contribution in [0.1, 0.15) is 219 Å². The van der Waals surface area contributed by atoms with E-state index in [2.05, 4.69) is 13.8 Å². The summed E-state index contributed by atoms with van der Waals surface area (Å²) in [5, 5.41) is 31.2. The van der Waals surface area contributed by atoms with Gasteiger partial charge in [0.2, 0.25) is 0 Å². The van der Waals surface area contributed by atoms with Crippen molar-refractivity contribution in [2.24, 2.45) is 0 Å². The van der Waals surface area contributed by atoms with Gasteiger partial charge >= 0.3 is 11.9 Å². The molecular formula is C42H80O8. The summed E-state index contributed by atoms with van der Waals surface area (Å²) in [5.74, 6) is -0.918. The summed E-state index contributed by atoms with van der Waals surface area (Å²) in [6, 6.07) is 0. The lowest BCUT2D eigenvalue weighted by Gasteiger charge is -2.39. The first kappa shape index (κ1) is 46.8. The largest absolute Gasteiger partial charge is 0.463 e. The fourth-order valence-corrected chi connectivity index (χ4v) is 6.93. The van der Waals surface area contributed by atoms with Crippen LogP contribution in [0, 0.1) is 0 Å². The van der Waals surface area contributed by atoms with Gasteiger partial charge in [-0.3, -0.25) is 9.59 Å². The molecule has 8 nitrogen and oxygen atoms in total. The molecule has 5 atom stereocenters. The molecule has 0 aromatic rings. The number of carbonyl (C=O) groups excluding carboxylic acids is 2. The summed E-state index contributed by atoms with van der Waals surface area (Å²) in [6.45, 7) is 4.23. The first-order valence-electron chi connectivity index (χ1n) is 21.4. The van der Waals surface area contributed by atoms with E-state index in [-0.39, 0.29) is 19.4 Å². The maximum absolute atomic E-state index is 12.5. The molecule has 0 aromatic carbocycles. The Morgan fingerprint density at radius 1 is 0.460 bits per heavy atom. The molecule has 0 aromatic heterocycles. The predicted molar refractivity (Wildman–Crippen MR) is 203 cm³/mol. The molecular weight excluding hydrogens is 632 g/mol.